The van der Waals surface area contributed by atoms with Crippen molar-refractivity contribution in [3.63, 3.8) is 0 Å². The molecule has 0 aromatic carbocycles. The van der Waals surface area contributed by atoms with Gasteiger partial charge in [0.15, 0.2) is 0 Å². The predicted molar refractivity (Wildman–Crippen MR) is 106 cm³/mol. The number of carbonyl (C=O) groups excluding carboxylic acids is 2. The number of thioether (sulfide) groups is 1. The van der Waals surface area contributed by atoms with Crippen LogP contribution in [-0.2, 0) is 20.9 Å². The van der Waals surface area contributed by atoms with Crippen LogP contribution in [0.5, 0.6) is 0 Å². The Morgan fingerprint density at radius 3 is 3.00 bits per heavy atom. The van der Waals surface area contributed by atoms with Gasteiger partial charge in [-0.1, -0.05) is 18.2 Å². The lowest BCUT2D eigenvalue weighted by atomic mass is 9.76. The molecule has 0 N–H and O–H groups in total. The van der Waals surface area contributed by atoms with E-state index in [-0.39, 0.29) is 24.0 Å². The molecule has 3 saturated heterocycles. The van der Waals surface area contributed by atoms with Gasteiger partial charge < -0.3 is 14.5 Å². The van der Waals surface area contributed by atoms with E-state index in [1.165, 1.54) is 0 Å². The normalized spacial score (nSPS) is 34.1. The highest BCUT2D eigenvalue weighted by Crippen LogP contribution is 2.52. The summed E-state index contributed by atoms with van der Waals surface area (Å²) >= 11 is 1.95. The topological polar surface area (TPSA) is 62.7 Å². The third-order valence-corrected chi connectivity index (χ3v) is 7.70. The summed E-state index contributed by atoms with van der Waals surface area (Å²) in [5.74, 6) is 1.47. The second kappa shape index (κ2) is 6.88. The zero-order chi connectivity index (χ0) is 19.3. The second-order valence-corrected chi connectivity index (χ2v) is 9.47. The first-order valence-electron chi connectivity index (χ1n) is 9.98. The summed E-state index contributed by atoms with van der Waals surface area (Å²) in [6.45, 7) is 1.01. The van der Waals surface area contributed by atoms with Crippen LogP contribution < -0.4 is 0 Å². The minimum atomic E-state index is -0.645. The molecule has 1 aromatic heterocycles. The van der Waals surface area contributed by atoms with Gasteiger partial charge in [0.1, 0.15) is 5.60 Å². The number of ether oxygens (including phenoxy) is 1. The van der Waals surface area contributed by atoms with Gasteiger partial charge in [0.2, 0.25) is 11.8 Å². The van der Waals surface area contributed by atoms with E-state index in [1.54, 1.807) is 12.4 Å². The maximum absolute atomic E-state index is 13.4. The third-order valence-electron chi connectivity index (χ3n) is 6.65. The maximum Gasteiger partial charge on any atom is 0.230 e. The van der Waals surface area contributed by atoms with Gasteiger partial charge in [-0.05, 0) is 36.0 Å². The van der Waals surface area contributed by atoms with Crippen LogP contribution in [0.2, 0.25) is 0 Å². The van der Waals surface area contributed by atoms with Crippen molar-refractivity contribution >= 4 is 23.6 Å². The molecule has 0 radical (unpaired) electrons. The lowest BCUT2D eigenvalue weighted by molar-refractivity contribution is -0.144. The van der Waals surface area contributed by atoms with Crippen molar-refractivity contribution < 1.29 is 14.3 Å². The Balaban J connectivity index is 1.37. The summed E-state index contributed by atoms with van der Waals surface area (Å²) in [5, 5.41) is 0. The minimum Gasteiger partial charge on any atom is -0.360 e. The Kier molecular flexibility index (Phi) is 4.47. The monoisotopic (exact) mass is 399 g/mol. The summed E-state index contributed by atoms with van der Waals surface area (Å²) in [6.07, 6.45) is 9.29. The van der Waals surface area contributed by atoms with Gasteiger partial charge in [-0.15, -0.1) is 0 Å². The third kappa shape index (κ3) is 2.78. The lowest BCUT2D eigenvalue weighted by Gasteiger charge is -2.35. The summed E-state index contributed by atoms with van der Waals surface area (Å²) in [5.41, 5.74) is 0.346. The molecule has 2 bridgehead atoms. The Bertz CT molecular complexity index is 810. The van der Waals surface area contributed by atoms with E-state index in [9.17, 15) is 9.59 Å². The van der Waals surface area contributed by atoms with Gasteiger partial charge in [0.05, 0.1) is 24.5 Å². The number of fused-ring (bicyclic) bond motifs is 1. The van der Waals surface area contributed by atoms with Crippen LogP contribution in [0.1, 0.15) is 18.4 Å². The predicted octanol–water partition coefficient (Wildman–Crippen LogP) is 1.72. The largest absolute Gasteiger partial charge is 0.360 e. The Morgan fingerprint density at radius 1 is 1.43 bits per heavy atom. The molecule has 4 atom stereocenters. The highest BCUT2D eigenvalue weighted by molar-refractivity contribution is 7.99. The number of pyridine rings is 1. The van der Waals surface area contributed by atoms with Gasteiger partial charge in [-0.3, -0.25) is 14.6 Å². The number of carbonyl (C=O) groups is 2. The van der Waals surface area contributed by atoms with E-state index in [2.05, 4.69) is 4.98 Å². The zero-order valence-electron chi connectivity index (χ0n) is 16.0. The van der Waals surface area contributed by atoms with E-state index >= 15 is 0 Å². The molecule has 5 heterocycles. The van der Waals surface area contributed by atoms with Crippen LogP contribution in [0, 0.1) is 11.8 Å². The molecule has 4 aliphatic heterocycles. The molecule has 1 spiro atoms. The number of rotatable bonds is 4. The highest BCUT2D eigenvalue weighted by Gasteiger charge is 2.67. The Hall–Kier alpha value is -1.86. The summed E-state index contributed by atoms with van der Waals surface area (Å²) in [6, 6.07) is 4.12. The number of hydrogen-bond donors (Lipinski definition) is 0. The minimum absolute atomic E-state index is 0.0293. The second-order valence-electron chi connectivity index (χ2n) is 8.25. The first-order chi connectivity index (χ1) is 13.6. The molecule has 2 amide bonds. The maximum atomic E-state index is 13.4. The van der Waals surface area contributed by atoms with Crippen LogP contribution >= 0.6 is 11.8 Å². The molecule has 3 fully saturated rings. The van der Waals surface area contributed by atoms with Crippen molar-refractivity contribution in [3.05, 3.63) is 42.2 Å². The molecule has 148 valence electrons. The molecule has 1 aromatic rings. The molecule has 5 rings (SSSR count). The van der Waals surface area contributed by atoms with Crippen LogP contribution in [0.3, 0.4) is 0 Å². The van der Waals surface area contributed by atoms with E-state index in [0.717, 1.165) is 29.9 Å². The fourth-order valence-electron chi connectivity index (χ4n) is 5.19. The number of aromatic nitrogens is 1. The van der Waals surface area contributed by atoms with Gasteiger partial charge in [-0.25, -0.2) is 0 Å². The van der Waals surface area contributed by atoms with E-state index in [0.29, 0.717) is 13.1 Å². The van der Waals surface area contributed by atoms with Gasteiger partial charge in [-0.2, -0.15) is 11.8 Å². The Labute approximate surface area is 169 Å². The Morgan fingerprint density at radius 2 is 2.25 bits per heavy atom. The number of amides is 2. The number of hydrogen-bond acceptors (Lipinski definition) is 5. The van der Waals surface area contributed by atoms with Crippen molar-refractivity contribution in [2.75, 3.05) is 25.1 Å². The molecule has 0 saturated carbocycles. The van der Waals surface area contributed by atoms with Crippen molar-refractivity contribution in [2.45, 2.75) is 37.1 Å². The smallest absolute Gasteiger partial charge is 0.230 e. The average molecular weight is 400 g/mol. The molecule has 4 aliphatic rings. The number of nitrogens with zero attached hydrogens (tertiary/aromatic N) is 3. The van der Waals surface area contributed by atoms with Crippen LogP contribution in [-0.4, -0.2) is 69.4 Å². The fraction of sp³-hybridized carbons (Fsp3) is 0.571. The van der Waals surface area contributed by atoms with Crippen LogP contribution in [0.25, 0.3) is 0 Å². The van der Waals surface area contributed by atoms with Crippen molar-refractivity contribution in [3.8, 4) is 0 Å². The van der Waals surface area contributed by atoms with Gasteiger partial charge >= 0.3 is 0 Å². The standard InChI is InChI=1S/C21H25N3O3S/c1-23(15-5-9-28-10-6-15)19(25)17-16-4-7-21(27-16)13-24(20(26)18(17)21)12-14-3-2-8-22-11-14/h2-4,7-8,11,15-18H,5-6,9-10,12-13H2,1H3/t16-,17-,18+,21-/m0/s1. The van der Waals surface area contributed by atoms with Crippen molar-refractivity contribution in [1.29, 1.82) is 0 Å². The SMILES string of the molecule is CN(C(=O)[C@H]1[C@@H]2C=C[C@@]3(CN(Cc4cccnc4)C(=O)[C@@H]13)O2)C1CCSCC1. The first-order valence-corrected chi connectivity index (χ1v) is 11.1. The van der Waals surface area contributed by atoms with Crippen LogP contribution in [0.4, 0.5) is 0 Å². The van der Waals surface area contributed by atoms with E-state index < -0.39 is 17.4 Å². The summed E-state index contributed by atoms with van der Waals surface area (Å²) in [4.78, 5) is 34.6. The lowest BCUT2D eigenvalue weighted by Crippen LogP contribution is -2.48. The van der Waals surface area contributed by atoms with Crippen molar-refractivity contribution in [1.82, 2.24) is 14.8 Å². The van der Waals surface area contributed by atoms with Gasteiger partial charge in [0.25, 0.3) is 0 Å². The first kappa shape index (κ1) is 18.2. The fourth-order valence-corrected chi connectivity index (χ4v) is 6.28. The average Bonchev–Trinajstić information content (AvgIpc) is 3.37. The molecule has 6 nitrogen and oxygen atoms in total. The summed E-state index contributed by atoms with van der Waals surface area (Å²) < 4.78 is 6.25. The zero-order valence-corrected chi connectivity index (χ0v) is 16.8. The molecule has 28 heavy (non-hydrogen) atoms. The highest BCUT2D eigenvalue weighted by atomic mass is 32.2. The quantitative estimate of drug-likeness (QED) is 0.722. The van der Waals surface area contributed by atoms with E-state index in [1.807, 2.05) is 52.9 Å². The molecular formula is C21H25N3O3S. The number of likely N-dealkylation sites (tertiary alicyclic amines) is 1. The van der Waals surface area contributed by atoms with E-state index in [4.69, 9.17) is 4.74 Å². The molecule has 0 aliphatic carbocycles. The molecule has 0 unspecified atom stereocenters. The van der Waals surface area contributed by atoms with Crippen LogP contribution in [0.15, 0.2) is 36.7 Å². The molecule has 7 heteroatoms. The van der Waals surface area contributed by atoms with Crippen molar-refractivity contribution in [2.24, 2.45) is 11.8 Å². The molecular weight excluding hydrogens is 374 g/mol. The van der Waals surface area contributed by atoms with Gasteiger partial charge in [0, 0.05) is 32.0 Å². The summed E-state index contributed by atoms with van der Waals surface area (Å²) in [7, 11) is 1.90.